The lowest BCUT2D eigenvalue weighted by Gasteiger charge is -2.38. The average Bonchev–Trinajstić information content (AvgIpc) is 3.41. The van der Waals surface area contributed by atoms with Gasteiger partial charge in [-0.15, -0.1) is 0 Å². The van der Waals surface area contributed by atoms with Crippen molar-refractivity contribution < 1.29 is 27.6 Å². The Morgan fingerprint density at radius 3 is 2.40 bits per heavy atom. The number of alkyl halides is 2. The number of hydrogen-bond donors (Lipinski definition) is 2. The van der Waals surface area contributed by atoms with Crippen LogP contribution in [0.15, 0.2) is 72.9 Å². The number of pyridine rings is 1. The monoisotopic (exact) mass is 570 g/mol. The third kappa shape index (κ3) is 5.88. The van der Waals surface area contributed by atoms with Crippen LogP contribution in [0, 0.1) is 5.82 Å². The molecule has 1 aromatic heterocycles. The summed E-state index contributed by atoms with van der Waals surface area (Å²) in [5.74, 6) is -5.13. The molecule has 5 rings (SSSR count). The van der Waals surface area contributed by atoms with Crippen LogP contribution in [0.25, 0.3) is 0 Å². The number of carbonyl (C=O) groups is 3. The van der Waals surface area contributed by atoms with Crippen LogP contribution in [-0.2, 0) is 9.59 Å². The Bertz CT molecular complexity index is 1420. The highest BCUT2D eigenvalue weighted by Crippen LogP contribution is 2.39. The van der Waals surface area contributed by atoms with Gasteiger partial charge < -0.3 is 5.32 Å². The van der Waals surface area contributed by atoms with E-state index in [0.29, 0.717) is 6.42 Å². The molecule has 208 valence electrons. The number of nitrogens with one attached hydrogen (secondary N) is 2. The first-order valence-electron chi connectivity index (χ1n) is 12.9. The first kappa shape index (κ1) is 27.8. The van der Waals surface area contributed by atoms with Gasteiger partial charge in [-0.05, 0) is 49.2 Å². The molecule has 3 aromatic rings. The number of anilines is 1. The van der Waals surface area contributed by atoms with Crippen LogP contribution < -0.4 is 15.5 Å². The van der Waals surface area contributed by atoms with Crippen molar-refractivity contribution in [3.63, 3.8) is 0 Å². The molecule has 1 saturated carbocycles. The summed E-state index contributed by atoms with van der Waals surface area (Å²) in [6, 6.07) is 12.7. The van der Waals surface area contributed by atoms with E-state index in [-0.39, 0.29) is 34.2 Å². The third-order valence-electron chi connectivity index (χ3n) is 7.14. The highest BCUT2D eigenvalue weighted by molar-refractivity contribution is 6.31. The first-order chi connectivity index (χ1) is 19.1. The number of carbonyl (C=O) groups excluding carboxylic acids is 3. The molecule has 0 bridgehead atoms. The van der Waals surface area contributed by atoms with Crippen molar-refractivity contribution in [2.24, 2.45) is 0 Å². The van der Waals surface area contributed by atoms with Crippen LogP contribution in [-0.4, -0.2) is 46.6 Å². The van der Waals surface area contributed by atoms with E-state index in [1.807, 2.05) is 0 Å². The Morgan fingerprint density at radius 1 is 1.00 bits per heavy atom. The summed E-state index contributed by atoms with van der Waals surface area (Å²) >= 11 is 6.47. The lowest BCUT2D eigenvalue weighted by Crippen LogP contribution is -2.56. The second kappa shape index (κ2) is 11.4. The Labute approximate surface area is 233 Å². The van der Waals surface area contributed by atoms with Gasteiger partial charge in [0.05, 0.1) is 12.1 Å². The van der Waals surface area contributed by atoms with Gasteiger partial charge in [0.2, 0.25) is 11.8 Å². The van der Waals surface area contributed by atoms with E-state index in [2.05, 4.69) is 15.6 Å². The van der Waals surface area contributed by atoms with Gasteiger partial charge in [0.1, 0.15) is 17.6 Å². The molecule has 11 heteroatoms. The molecule has 2 amide bonds. The molecule has 1 saturated heterocycles. The molecule has 0 radical (unpaired) electrons. The van der Waals surface area contributed by atoms with Crippen molar-refractivity contribution in [2.75, 3.05) is 4.90 Å². The number of benzene rings is 2. The Hall–Kier alpha value is -3.76. The lowest BCUT2D eigenvalue weighted by atomic mass is 9.87. The topological polar surface area (TPSA) is 91.4 Å². The molecule has 2 aromatic carbocycles. The molecule has 3 atom stereocenters. The molecule has 1 aliphatic heterocycles. The number of aromatic nitrogens is 1. The second-order valence-electron chi connectivity index (χ2n) is 10.0. The molecule has 2 fully saturated rings. The summed E-state index contributed by atoms with van der Waals surface area (Å²) in [4.78, 5) is 46.0. The molecule has 40 heavy (non-hydrogen) atoms. The van der Waals surface area contributed by atoms with E-state index in [0.717, 1.165) is 11.0 Å². The van der Waals surface area contributed by atoms with Crippen molar-refractivity contribution in [3.8, 4) is 0 Å². The maximum Gasteiger partial charge on any atom is 0.252 e. The van der Waals surface area contributed by atoms with Crippen molar-refractivity contribution in [1.82, 2.24) is 15.6 Å². The molecular weight excluding hydrogens is 545 g/mol. The maximum atomic E-state index is 14.4. The standard InChI is InChI=1S/C29H26ClF3N4O3/c30-21-9-2-1-8-20(21)25(27(39)35-18-15-29(32,33)16-18)37(19-7-5-6-17(31)14-19)28(40)24-12-11-23(36-24)26(38)22-10-3-4-13-34-22/h1-10,13-14,18,23-25,36H,11-12,15-16H2,(H,35,39)/t23?,24?,25-/m0/s1. The minimum Gasteiger partial charge on any atom is -0.351 e. The van der Waals surface area contributed by atoms with E-state index >= 15 is 0 Å². The van der Waals surface area contributed by atoms with Crippen LogP contribution in [0.2, 0.25) is 5.02 Å². The van der Waals surface area contributed by atoms with Crippen molar-refractivity contribution in [3.05, 3.63) is 95.0 Å². The summed E-state index contributed by atoms with van der Waals surface area (Å²) < 4.78 is 41.5. The molecule has 7 nitrogen and oxygen atoms in total. The number of ketones is 1. The average molecular weight is 571 g/mol. The zero-order valence-corrected chi connectivity index (χ0v) is 22.0. The van der Waals surface area contributed by atoms with Crippen LogP contribution in [0.1, 0.15) is 47.8 Å². The van der Waals surface area contributed by atoms with Gasteiger partial charge >= 0.3 is 0 Å². The number of rotatable bonds is 8. The van der Waals surface area contributed by atoms with Crippen LogP contribution in [0.3, 0.4) is 0 Å². The zero-order chi connectivity index (χ0) is 28.4. The van der Waals surface area contributed by atoms with Crippen molar-refractivity contribution >= 4 is 34.9 Å². The Morgan fingerprint density at radius 2 is 1.73 bits per heavy atom. The fourth-order valence-electron chi connectivity index (χ4n) is 5.17. The molecule has 2 heterocycles. The normalized spacial score (nSPS) is 20.8. The molecule has 2 aliphatic rings. The number of halogens is 4. The van der Waals surface area contributed by atoms with E-state index < -0.39 is 60.6 Å². The Balaban J connectivity index is 1.49. The van der Waals surface area contributed by atoms with Gasteiger partial charge in [-0.1, -0.05) is 41.9 Å². The Kier molecular flexibility index (Phi) is 7.91. The largest absolute Gasteiger partial charge is 0.351 e. The SMILES string of the molecule is O=C(c1ccccn1)C1CCC(C(=O)N(c2cccc(F)c2)[C@H](C(=O)NC2CC(F)(F)C2)c2ccccc2Cl)N1. The molecule has 1 aliphatic carbocycles. The quantitative estimate of drug-likeness (QED) is 0.377. The lowest BCUT2D eigenvalue weighted by molar-refractivity contribution is -0.133. The highest BCUT2D eigenvalue weighted by atomic mass is 35.5. The predicted octanol–water partition coefficient (Wildman–Crippen LogP) is 4.87. The highest BCUT2D eigenvalue weighted by Gasteiger charge is 2.48. The molecular formula is C29H26ClF3N4O3. The first-order valence-corrected chi connectivity index (χ1v) is 13.2. The number of Topliss-reactive ketones (excluding diaryl/α,β-unsaturated/α-hetero) is 1. The van der Waals surface area contributed by atoms with E-state index in [1.54, 1.807) is 36.4 Å². The number of nitrogens with zero attached hydrogens (tertiary/aromatic N) is 2. The zero-order valence-electron chi connectivity index (χ0n) is 21.2. The van der Waals surface area contributed by atoms with Gasteiger partial charge in [0.25, 0.3) is 5.92 Å². The fraction of sp³-hybridized carbons (Fsp3) is 0.310. The molecule has 2 N–H and O–H groups in total. The number of amides is 2. The second-order valence-corrected chi connectivity index (χ2v) is 10.4. The van der Waals surface area contributed by atoms with Crippen molar-refractivity contribution in [2.45, 2.75) is 55.8 Å². The summed E-state index contributed by atoms with van der Waals surface area (Å²) in [7, 11) is 0. The van der Waals surface area contributed by atoms with Gasteiger partial charge in [-0.2, -0.15) is 0 Å². The number of hydrogen-bond acceptors (Lipinski definition) is 5. The third-order valence-corrected chi connectivity index (χ3v) is 7.49. The van der Waals surface area contributed by atoms with E-state index in [4.69, 9.17) is 11.6 Å². The molecule has 0 spiro atoms. The van der Waals surface area contributed by atoms with Gasteiger partial charge in [0, 0.05) is 41.4 Å². The van der Waals surface area contributed by atoms with Crippen molar-refractivity contribution in [1.29, 1.82) is 0 Å². The van der Waals surface area contributed by atoms with Crippen LogP contribution >= 0.6 is 11.6 Å². The van der Waals surface area contributed by atoms with E-state index in [9.17, 15) is 27.6 Å². The van der Waals surface area contributed by atoms with E-state index in [1.165, 1.54) is 30.5 Å². The molecule has 2 unspecified atom stereocenters. The van der Waals surface area contributed by atoms with Crippen LogP contribution in [0.5, 0.6) is 0 Å². The van der Waals surface area contributed by atoms with Gasteiger partial charge in [0.15, 0.2) is 5.78 Å². The predicted molar refractivity (Wildman–Crippen MR) is 143 cm³/mol. The van der Waals surface area contributed by atoms with Crippen LogP contribution in [0.4, 0.5) is 18.9 Å². The van der Waals surface area contributed by atoms with Gasteiger partial charge in [-0.25, -0.2) is 13.2 Å². The summed E-state index contributed by atoms with van der Waals surface area (Å²) in [6.45, 7) is 0. The summed E-state index contributed by atoms with van der Waals surface area (Å²) in [5, 5.41) is 5.82. The fourth-order valence-corrected chi connectivity index (χ4v) is 5.41. The summed E-state index contributed by atoms with van der Waals surface area (Å²) in [5.41, 5.74) is 0.565. The summed E-state index contributed by atoms with van der Waals surface area (Å²) in [6.07, 6.45) is 1.05. The van der Waals surface area contributed by atoms with Gasteiger partial charge in [-0.3, -0.25) is 29.6 Å². The minimum absolute atomic E-state index is 0.0744. The smallest absolute Gasteiger partial charge is 0.252 e. The maximum absolute atomic E-state index is 14.4. The minimum atomic E-state index is -2.88.